The zero-order valence-electron chi connectivity index (χ0n) is 21.3. The van der Waals surface area contributed by atoms with E-state index in [1.807, 2.05) is 12.1 Å². The molecule has 1 fully saturated rings. The van der Waals surface area contributed by atoms with Crippen molar-refractivity contribution in [3.8, 4) is 28.6 Å². The summed E-state index contributed by atoms with van der Waals surface area (Å²) in [6, 6.07) is 8.74. The van der Waals surface area contributed by atoms with Gasteiger partial charge >= 0.3 is 0 Å². The minimum atomic E-state index is -0.568. The van der Waals surface area contributed by atoms with E-state index in [2.05, 4.69) is 4.90 Å². The molecule has 1 saturated heterocycles. The van der Waals surface area contributed by atoms with E-state index in [4.69, 9.17) is 44.1 Å². The highest BCUT2D eigenvalue weighted by atomic mass is 16.5. The molecular weight excluding hydrogens is 480 g/mol. The number of primary amides is 1. The predicted octanol–water partition coefficient (Wildman–Crippen LogP) is 2.29. The lowest BCUT2D eigenvalue weighted by Gasteiger charge is -2.29. The molecule has 0 spiro atoms. The first kappa shape index (κ1) is 26.4. The zero-order valence-corrected chi connectivity index (χ0v) is 21.3. The number of carbonyl (C=O) groups excluding carboxylic acids is 1. The second-order valence-electron chi connectivity index (χ2n) is 8.28. The van der Waals surface area contributed by atoms with Crippen LogP contribution in [0.1, 0.15) is 10.4 Å². The average molecular weight is 513 g/mol. The molecular formula is C26H32N4O7. The molecule has 0 aliphatic carbocycles. The molecule has 1 amide bonds. The molecule has 2 heterocycles. The Morgan fingerprint density at radius 1 is 0.919 bits per heavy atom. The molecule has 0 unspecified atom stereocenters. The lowest BCUT2D eigenvalue weighted by atomic mass is 10.1. The summed E-state index contributed by atoms with van der Waals surface area (Å²) in [5.74, 6) is 2.15. The minimum absolute atomic E-state index is 0.302. The summed E-state index contributed by atoms with van der Waals surface area (Å²) in [5, 5.41) is 0.801. The summed E-state index contributed by atoms with van der Waals surface area (Å²) in [7, 11) is 4.76. The minimum Gasteiger partial charge on any atom is -0.497 e. The lowest BCUT2D eigenvalue weighted by Crippen LogP contribution is -2.37. The van der Waals surface area contributed by atoms with Crippen LogP contribution in [-0.4, -0.2) is 89.9 Å². The SMILES string of the molecule is COCCOc1cc2nc(-c3cc(OC)cc(C(N)=O)c3)nc(N3CCOCC3)c2cc1OCCOC. The number of anilines is 1. The molecule has 37 heavy (non-hydrogen) atoms. The van der Waals surface area contributed by atoms with E-state index in [0.29, 0.717) is 92.4 Å². The van der Waals surface area contributed by atoms with Crippen LogP contribution in [0, 0.1) is 0 Å². The molecule has 0 bridgehead atoms. The van der Waals surface area contributed by atoms with Crippen LogP contribution in [0.15, 0.2) is 30.3 Å². The number of hydrogen-bond donors (Lipinski definition) is 1. The van der Waals surface area contributed by atoms with Crippen LogP contribution < -0.4 is 24.8 Å². The Morgan fingerprint density at radius 3 is 2.22 bits per heavy atom. The summed E-state index contributed by atoms with van der Waals surface area (Å²) in [6.45, 7) is 4.05. The summed E-state index contributed by atoms with van der Waals surface area (Å²) in [4.78, 5) is 23.9. The summed E-state index contributed by atoms with van der Waals surface area (Å²) >= 11 is 0. The van der Waals surface area contributed by atoms with Crippen LogP contribution in [-0.2, 0) is 14.2 Å². The smallest absolute Gasteiger partial charge is 0.248 e. The van der Waals surface area contributed by atoms with Crippen molar-refractivity contribution in [2.75, 3.05) is 79.0 Å². The third-order valence-corrected chi connectivity index (χ3v) is 5.83. The summed E-state index contributed by atoms with van der Waals surface area (Å²) in [5.41, 5.74) is 7.12. The molecule has 1 aromatic heterocycles. The van der Waals surface area contributed by atoms with Crippen LogP contribution in [0.3, 0.4) is 0 Å². The number of ether oxygens (including phenoxy) is 6. The van der Waals surface area contributed by atoms with E-state index in [1.54, 1.807) is 32.4 Å². The molecule has 0 saturated carbocycles. The topological polar surface area (TPSA) is 127 Å². The Labute approximate surface area is 215 Å². The number of methoxy groups -OCH3 is 3. The standard InChI is InChI=1S/C26H32N4O7/c1-32-8-10-36-22-15-20-21(16-23(22)37-11-9-33-2)28-25(29-26(20)30-4-6-35-7-5-30)18-12-17(24(27)31)13-19(14-18)34-3/h12-16H,4-11H2,1-3H3,(H2,27,31). The number of nitrogens with two attached hydrogens (primary N) is 1. The largest absolute Gasteiger partial charge is 0.497 e. The fraction of sp³-hybridized carbons (Fsp3) is 0.423. The number of morpholine rings is 1. The molecule has 0 radical (unpaired) electrons. The van der Waals surface area contributed by atoms with Crippen LogP contribution >= 0.6 is 0 Å². The Kier molecular flexibility index (Phi) is 8.94. The van der Waals surface area contributed by atoms with Gasteiger partial charge in [-0.2, -0.15) is 0 Å². The first-order chi connectivity index (χ1) is 18.0. The number of aromatic nitrogens is 2. The van der Waals surface area contributed by atoms with Crippen LogP contribution in [0.5, 0.6) is 17.2 Å². The molecule has 2 aromatic carbocycles. The van der Waals surface area contributed by atoms with Gasteiger partial charge in [-0.15, -0.1) is 0 Å². The van der Waals surface area contributed by atoms with Gasteiger partial charge in [-0.05, 0) is 24.3 Å². The van der Waals surface area contributed by atoms with Crippen molar-refractivity contribution in [1.82, 2.24) is 9.97 Å². The molecule has 198 valence electrons. The molecule has 11 nitrogen and oxygen atoms in total. The maximum absolute atomic E-state index is 11.9. The monoisotopic (exact) mass is 512 g/mol. The van der Waals surface area contributed by atoms with Gasteiger partial charge < -0.3 is 39.1 Å². The number of benzene rings is 2. The van der Waals surface area contributed by atoms with E-state index in [1.165, 1.54) is 7.11 Å². The Bertz CT molecular complexity index is 1230. The van der Waals surface area contributed by atoms with Gasteiger partial charge in [0, 0.05) is 49.9 Å². The molecule has 1 aliphatic rings. The second-order valence-corrected chi connectivity index (χ2v) is 8.28. The van der Waals surface area contributed by atoms with Gasteiger partial charge in [0.15, 0.2) is 17.3 Å². The normalized spacial score (nSPS) is 13.5. The molecule has 0 atom stereocenters. The maximum Gasteiger partial charge on any atom is 0.248 e. The number of carbonyl (C=O) groups is 1. The molecule has 4 rings (SSSR count). The van der Waals surface area contributed by atoms with Crippen molar-refractivity contribution >= 4 is 22.6 Å². The van der Waals surface area contributed by atoms with Crippen molar-refractivity contribution in [2.45, 2.75) is 0 Å². The highest BCUT2D eigenvalue weighted by Crippen LogP contribution is 2.37. The van der Waals surface area contributed by atoms with E-state index >= 15 is 0 Å². The van der Waals surface area contributed by atoms with Gasteiger partial charge in [0.1, 0.15) is 24.8 Å². The second kappa shape index (κ2) is 12.5. The van der Waals surface area contributed by atoms with Gasteiger partial charge in [-0.3, -0.25) is 4.79 Å². The van der Waals surface area contributed by atoms with Gasteiger partial charge in [0.2, 0.25) is 5.91 Å². The van der Waals surface area contributed by atoms with Gasteiger partial charge in [-0.1, -0.05) is 0 Å². The van der Waals surface area contributed by atoms with E-state index in [0.717, 1.165) is 11.2 Å². The van der Waals surface area contributed by atoms with E-state index in [9.17, 15) is 4.79 Å². The number of hydrogen-bond acceptors (Lipinski definition) is 10. The molecule has 3 aromatic rings. The molecule has 1 aliphatic heterocycles. The van der Waals surface area contributed by atoms with Crippen LogP contribution in [0.2, 0.25) is 0 Å². The van der Waals surface area contributed by atoms with Crippen molar-refractivity contribution in [3.05, 3.63) is 35.9 Å². The van der Waals surface area contributed by atoms with Crippen molar-refractivity contribution in [1.29, 1.82) is 0 Å². The number of amides is 1. The van der Waals surface area contributed by atoms with Crippen molar-refractivity contribution in [2.24, 2.45) is 5.73 Å². The number of fused-ring (bicyclic) bond motifs is 1. The predicted molar refractivity (Wildman–Crippen MR) is 138 cm³/mol. The van der Waals surface area contributed by atoms with Crippen molar-refractivity contribution < 1.29 is 33.2 Å². The van der Waals surface area contributed by atoms with Crippen molar-refractivity contribution in [3.63, 3.8) is 0 Å². The first-order valence-corrected chi connectivity index (χ1v) is 11.9. The number of nitrogens with zero attached hydrogens (tertiary/aromatic N) is 3. The fourth-order valence-electron chi connectivity index (χ4n) is 3.95. The summed E-state index contributed by atoms with van der Waals surface area (Å²) in [6.07, 6.45) is 0. The van der Waals surface area contributed by atoms with Crippen LogP contribution in [0.25, 0.3) is 22.3 Å². The Morgan fingerprint density at radius 2 is 1.59 bits per heavy atom. The fourth-order valence-corrected chi connectivity index (χ4v) is 3.95. The van der Waals surface area contributed by atoms with Gasteiger partial charge in [0.05, 0.1) is 39.1 Å². The first-order valence-electron chi connectivity index (χ1n) is 11.9. The van der Waals surface area contributed by atoms with Gasteiger partial charge in [-0.25, -0.2) is 9.97 Å². The average Bonchev–Trinajstić information content (AvgIpc) is 2.93. The Balaban J connectivity index is 1.88. The van der Waals surface area contributed by atoms with E-state index < -0.39 is 5.91 Å². The third kappa shape index (κ3) is 6.37. The molecule has 11 heteroatoms. The quantitative estimate of drug-likeness (QED) is 0.361. The highest BCUT2D eigenvalue weighted by Gasteiger charge is 2.21. The van der Waals surface area contributed by atoms with Crippen LogP contribution in [0.4, 0.5) is 5.82 Å². The zero-order chi connectivity index (χ0) is 26.2. The number of rotatable bonds is 12. The van der Waals surface area contributed by atoms with E-state index in [-0.39, 0.29) is 0 Å². The van der Waals surface area contributed by atoms with Gasteiger partial charge in [0.25, 0.3) is 0 Å². The maximum atomic E-state index is 11.9. The Hall–Kier alpha value is -3.67. The third-order valence-electron chi connectivity index (χ3n) is 5.83. The highest BCUT2D eigenvalue weighted by molar-refractivity contribution is 5.96. The summed E-state index contributed by atoms with van der Waals surface area (Å²) < 4.78 is 33.2. The molecule has 2 N–H and O–H groups in total. The lowest BCUT2D eigenvalue weighted by molar-refractivity contribution is 0.1000.